The first-order valence-corrected chi connectivity index (χ1v) is 7.43. The van der Waals surface area contributed by atoms with E-state index in [0.29, 0.717) is 19.3 Å². The van der Waals surface area contributed by atoms with Crippen LogP contribution >= 0.6 is 0 Å². The summed E-state index contributed by atoms with van der Waals surface area (Å²) in [5.41, 5.74) is 0. The van der Waals surface area contributed by atoms with E-state index in [1.807, 2.05) is 0 Å². The zero-order valence-corrected chi connectivity index (χ0v) is 11.7. The zero-order valence-electron chi connectivity index (χ0n) is 10.7. The van der Waals surface area contributed by atoms with E-state index in [0.717, 1.165) is 0 Å². The first-order chi connectivity index (χ1) is 8.06. The Morgan fingerprint density at radius 3 is 2.29 bits per heavy atom. The molecule has 1 saturated heterocycles. The van der Waals surface area contributed by atoms with E-state index in [2.05, 4.69) is 0 Å². The van der Waals surface area contributed by atoms with Crippen molar-refractivity contribution in [1.29, 1.82) is 0 Å². The Bertz CT molecular complexity index is 243. The van der Waals surface area contributed by atoms with Crippen molar-refractivity contribution in [3.8, 4) is 0 Å². The van der Waals surface area contributed by atoms with Crippen LogP contribution in [0.25, 0.3) is 0 Å². The summed E-state index contributed by atoms with van der Waals surface area (Å²) in [6.45, 7) is 2.77. The van der Waals surface area contributed by atoms with Crippen molar-refractivity contribution in [2.45, 2.75) is 19.1 Å². The summed E-state index contributed by atoms with van der Waals surface area (Å²) < 4.78 is 25.8. The van der Waals surface area contributed by atoms with Gasteiger partial charge in [-0.05, 0) is 0 Å². The molecular weight excluding hydrogens is 244 g/mol. The molecule has 1 rings (SSSR count). The SMILES string of the molecule is CO[Si](CC(C)C(=O)OCC1CO1)(OC)OC. The second kappa shape index (κ2) is 6.46. The van der Waals surface area contributed by atoms with Gasteiger partial charge >= 0.3 is 14.8 Å². The van der Waals surface area contributed by atoms with Crippen LogP contribution in [-0.4, -0.2) is 55.4 Å². The van der Waals surface area contributed by atoms with Gasteiger partial charge in [0.2, 0.25) is 0 Å². The third-order valence-electron chi connectivity index (χ3n) is 2.71. The third kappa shape index (κ3) is 4.36. The number of hydrogen-bond acceptors (Lipinski definition) is 6. The number of hydrogen-bond donors (Lipinski definition) is 0. The van der Waals surface area contributed by atoms with Gasteiger partial charge in [-0.1, -0.05) is 6.92 Å². The molecule has 0 radical (unpaired) electrons. The molecule has 0 aromatic carbocycles. The maximum Gasteiger partial charge on any atom is 0.501 e. The lowest BCUT2D eigenvalue weighted by molar-refractivity contribution is -0.148. The quantitative estimate of drug-likeness (QED) is 0.360. The molecule has 1 fully saturated rings. The molecule has 0 bridgehead atoms. The predicted octanol–water partition coefficient (Wildman–Crippen LogP) is 0.443. The zero-order chi connectivity index (χ0) is 12.9. The second-order valence-corrected chi connectivity index (χ2v) is 6.98. The van der Waals surface area contributed by atoms with Gasteiger partial charge in [-0.25, -0.2) is 0 Å². The fourth-order valence-electron chi connectivity index (χ4n) is 1.44. The maximum atomic E-state index is 11.7. The standard InChI is InChI=1S/C10H20O6Si/c1-8(7-17(12-2,13-3)14-4)10(11)16-6-9-5-15-9/h8-9H,5-7H2,1-4H3. The molecule has 1 aliphatic rings. The van der Waals surface area contributed by atoms with Gasteiger partial charge in [-0.2, -0.15) is 0 Å². The van der Waals surface area contributed by atoms with Crippen LogP contribution < -0.4 is 0 Å². The Morgan fingerprint density at radius 1 is 1.35 bits per heavy atom. The first kappa shape index (κ1) is 14.6. The van der Waals surface area contributed by atoms with E-state index in [9.17, 15) is 4.79 Å². The molecule has 17 heavy (non-hydrogen) atoms. The summed E-state index contributed by atoms with van der Waals surface area (Å²) in [5.74, 6) is -0.594. The Hall–Kier alpha value is -0.473. The lowest BCUT2D eigenvalue weighted by Gasteiger charge is -2.26. The predicted molar refractivity (Wildman–Crippen MR) is 61.5 cm³/mol. The summed E-state index contributed by atoms with van der Waals surface area (Å²) >= 11 is 0. The normalized spacial score (nSPS) is 21.1. The van der Waals surface area contributed by atoms with Gasteiger partial charge in [0.05, 0.1) is 12.5 Å². The number of carbonyl (C=O) groups excluding carboxylic acids is 1. The molecule has 0 aromatic rings. The van der Waals surface area contributed by atoms with Gasteiger partial charge in [0.25, 0.3) is 0 Å². The number of esters is 1. The highest BCUT2D eigenvalue weighted by molar-refractivity contribution is 6.60. The fourth-order valence-corrected chi connectivity index (χ4v) is 3.36. The van der Waals surface area contributed by atoms with Gasteiger partial charge < -0.3 is 22.8 Å². The molecule has 100 valence electrons. The van der Waals surface area contributed by atoms with Gasteiger partial charge in [0.15, 0.2) is 0 Å². The minimum absolute atomic E-state index is 0.0837. The van der Waals surface area contributed by atoms with E-state index < -0.39 is 8.80 Å². The molecule has 0 spiro atoms. The molecule has 0 aliphatic carbocycles. The smallest absolute Gasteiger partial charge is 0.463 e. The molecule has 0 N–H and O–H groups in total. The summed E-state index contributed by atoms with van der Waals surface area (Å²) in [6, 6.07) is 0.404. The molecular formula is C10H20O6Si. The second-order valence-electron chi connectivity index (χ2n) is 3.99. The molecule has 2 atom stereocenters. The van der Waals surface area contributed by atoms with Crippen molar-refractivity contribution in [2.24, 2.45) is 5.92 Å². The average molecular weight is 264 g/mol. The van der Waals surface area contributed by atoms with E-state index >= 15 is 0 Å². The van der Waals surface area contributed by atoms with E-state index in [4.69, 9.17) is 22.8 Å². The van der Waals surface area contributed by atoms with Crippen molar-refractivity contribution in [3.63, 3.8) is 0 Å². The van der Waals surface area contributed by atoms with Crippen LogP contribution in [0.4, 0.5) is 0 Å². The van der Waals surface area contributed by atoms with Crippen LogP contribution in [0.1, 0.15) is 6.92 Å². The van der Waals surface area contributed by atoms with Crippen LogP contribution in [-0.2, 0) is 27.5 Å². The number of epoxide rings is 1. The van der Waals surface area contributed by atoms with Crippen LogP contribution in [0.3, 0.4) is 0 Å². The third-order valence-corrected chi connectivity index (χ3v) is 5.68. The maximum absolute atomic E-state index is 11.7. The minimum atomic E-state index is -2.72. The largest absolute Gasteiger partial charge is 0.501 e. The summed E-state index contributed by atoms with van der Waals surface area (Å²) in [4.78, 5) is 11.7. The Kier molecular flexibility index (Phi) is 5.54. The summed E-state index contributed by atoms with van der Waals surface area (Å²) in [7, 11) is 1.85. The highest BCUT2D eigenvalue weighted by atomic mass is 28.4. The van der Waals surface area contributed by atoms with Crippen molar-refractivity contribution < 1.29 is 27.5 Å². The molecule has 2 unspecified atom stereocenters. The number of ether oxygens (including phenoxy) is 2. The Labute approximate surface area is 102 Å². The summed E-state index contributed by atoms with van der Waals surface area (Å²) in [5, 5.41) is 0. The average Bonchev–Trinajstić information content (AvgIpc) is 3.17. The van der Waals surface area contributed by atoms with Gasteiger partial charge in [-0.3, -0.25) is 4.79 Å². The van der Waals surface area contributed by atoms with Crippen LogP contribution in [0, 0.1) is 5.92 Å². The van der Waals surface area contributed by atoms with Gasteiger partial charge in [0.1, 0.15) is 12.7 Å². The van der Waals surface area contributed by atoms with Crippen LogP contribution in [0.2, 0.25) is 6.04 Å². The summed E-state index contributed by atoms with van der Waals surface area (Å²) in [6.07, 6.45) is 0.0837. The lowest BCUT2D eigenvalue weighted by Crippen LogP contribution is -2.45. The van der Waals surface area contributed by atoms with Crippen molar-refractivity contribution in [3.05, 3.63) is 0 Å². The number of carbonyl (C=O) groups is 1. The molecule has 0 amide bonds. The fraction of sp³-hybridized carbons (Fsp3) is 0.900. The van der Waals surface area contributed by atoms with E-state index in [1.165, 1.54) is 21.3 Å². The minimum Gasteiger partial charge on any atom is -0.463 e. The van der Waals surface area contributed by atoms with Gasteiger partial charge in [0, 0.05) is 27.4 Å². The van der Waals surface area contributed by atoms with Crippen molar-refractivity contribution >= 4 is 14.8 Å². The molecule has 1 heterocycles. The molecule has 7 heteroatoms. The van der Waals surface area contributed by atoms with E-state index in [-0.39, 0.29) is 18.0 Å². The Morgan fingerprint density at radius 2 is 1.88 bits per heavy atom. The topological polar surface area (TPSA) is 66.5 Å². The lowest BCUT2D eigenvalue weighted by atomic mass is 10.2. The first-order valence-electron chi connectivity index (χ1n) is 5.50. The Balaban J connectivity index is 2.38. The number of rotatable bonds is 8. The molecule has 0 aromatic heterocycles. The highest BCUT2D eigenvalue weighted by Crippen LogP contribution is 2.20. The van der Waals surface area contributed by atoms with Crippen LogP contribution in [0.15, 0.2) is 0 Å². The van der Waals surface area contributed by atoms with Crippen molar-refractivity contribution in [2.75, 3.05) is 34.5 Å². The van der Waals surface area contributed by atoms with Crippen molar-refractivity contribution in [1.82, 2.24) is 0 Å². The monoisotopic (exact) mass is 264 g/mol. The van der Waals surface area contributed by atoms with Gasteiger partial charge in [-0.15, -0.1) is 0 Å². The molecule has 6 nitrogen and oxygen atoms in total. The van der Waals surface area contributed by atoms with E-state index in [1.54, 1.807) is 6.92 Å². The molecule has 1 aliphatic heterocycles. The molecule has 0 saturated carbocycles. The van der Waals surface area contributed by atoms with Crippen LogP contribution in [0.5, 0.6) is 0 Å². The highest BCUT2D eigenvalue weighted by Gasteiger charge is 2.41.